The van der Waals surface area contributed by atoms with E-state index in [-0.39, 0.29) is 34.1 Å². The molecule has 0 spiro atoms. The maximum atomic E-state index is 12.7. The number of carbonyl (C=O) groups excluding carboxylic acids is 1. The third-order valence-corrected chi connectivity index (χ3v) is 6.93. The van der Waals surface area contributed by atoms with E-state index in [1.54, 1.807) is 0 Å². The highest BCUT2D eigenvalue weighted by molar-refractivity contribution is 7.89. The Balaban J connectivity index is 1.83. The molecule has 1 fully saturated rings. The Morgan fingerprint density at radius 1 is 0.964 bits per heavy atom. The first-order valence-electron chi connectivity index (χ1n) is 8.30. The van der Waals surface area contributed by atoms with Crippen molar-refractivity contribution in [3.63, 3.8) is 0 Å². The van der Waals surface area contributed by atoms with Gasteiger partial charge in [-0.2, -0.15) is 4.31 Å². The summed E-state index contributed by atoms with van der Waals surface area (Å²) in [5, 5.41) is 7.63. The summed E-state index contributed by atoms with van der Waals surface area (Å²) >= 11 is 0. The minimum atomic E-state index is -3.91. The van der Waals surface area contributed by atoms with Crippen molar-refractivity contribution in [2.45, 2.75) is 9.79 Å². The molecule has 1 saturated heterocycles. The standard InChI is InChI=1S/C17H19N3O6S2/c18-27(22,23)15-5-2-4-14(12-15)19-17(21)13-3-1-6-16(11-13)28(24,25)20-7-9-26-10-8-20/h1-6,11-12H,7-10H2,(H,19,21)(H2,18,22,23). The normalized spacial score (nSPS) is 15.9. The van der Waals surface area contributed by atoms with Gasteiger partial charge in [0.1, 0.15) is 0 Å². The monoisotopic (exact) mass is 425 g/mol. The second kappa shape index (κ2) is 7.97. The average molecular weight is 425 g/mol. The summed E-state index contributed by atoms with van der Waals surface area (Å²) in [6, 6.07) is 11.1. The number of benzene rings is 2. The molecule has 1 aliphatic heterocycles. The second-order valence-corrected chi connectivity index (χ2v) is 9.57. The molecule has 1 aliphatic rings. The first-order valence-corrected chi connectivity index (χ1v) is 11.3. The van der Waals surface area contributed by atoms with Crippen molar-refractivity contribution in [3.05, 3.63) is 54.1 Å². The van der Waals surface area contributed by atoms with Crippen LogP contribution in [0.25, 0.3) is 0 Å². The first-order chi connectivity index (χ1) is 13.2. The quantitative estimate of drug-likeness (QED) is 0.720. The van der Waals surface area contributed by atoms with Gasteiger partial charge in [-0.1, -0.05) is 12.1 Å². The zero-order valence-corrected chi connectivity index (χ0v) is 16.4. The molecular weight excluding hydrogens is 406 g/mol. The van der Waals surface area contributed by atoms with Gasteiger partial charge in [0, 0.05) is 24.3 Å². The predicted octanol–water partition coefficient (Wildman–Crippen LogP) is 0.607. The van der Waals surface area contributed by atoms with Crippen LogP contribution in [-0.4, -0.2) is 53.4 Å². The van der Waals surface area contributed by atoms with Crippen LogP contribution in [0.5, 0.6) is 0 Å². The lowest BCUT2D eigenvalue weighted by Gasteiger charge is -2.26. The summed E-state index contributed by atoms with van der Waals surface area (Å²) in [5.74, 6) is -0.578. The van der Waals surface area contributed by atoms with Gasteiger partial charge in [-0.25, -0.2) is 22.0 Å². The lowest BCUT2D eigenvalue weighted by molar-refractivity contribution is 0.0730. The molecule has 150 valence electrons. The van der Waals surface area contributed by atoms with Gasteiger partial charge >= 0.3 is 0 Å². The second-order valence-electron chi connectivity index (χ2n) is 6.07. The van der Waals surface area contributed by atoms with E-state index in [9.17, 15) is 21.6 Å². The number of primary sulfonamides is 1. The molecule has 0 atom stereocenters. The number of anilines is 1. The van der Waals surface area contributed by atoms with Crippen LogP contribution in [0, 0.1) is 0 Å². The largest absolute Gasteiger partial charge is 0.379 e. The molecule has 9 nitrogen and oxygen atoms in total. The summed E-state index contributed by atoms with van der Waals surface area (Å²) in [7, 11) is -7.65. The van der Waals surface area contributed by atoms with Gasteiger partial charge in [0.2, 0.25) is 20.0 Å². The zero-order chi connectivity index (χ0) is 20.4. The van der Waals surface area contributed by atoms with E-state index in [4.69, 9.17) is 9.88 Å². The van der Waals surface area contributed by atoms with Crippen molar-refractivity contribution < 1.29 is 26.4 Å². The summed E-state index contributed by atoms with van der Waals surface area (Å²) in [6.45, 7) is 1.14. The van der Waals surface area contributed by atoms with E-state index >= 15 is 0 Å². The van der Waals surface area contributed by atoms with E-state index < -0.39 is 26.0 Å². The number of rotatable bonds is 5. The fraction of sp³-hybridized carbons (Fsp3) is 0.235. The topological polar surface area (TPSA) is 136 Å². The third-order valence-electron chi connectivity index (χ3n) is 4.12. The van der Waals surface area contributed by atoms with Crippen LogP contribution < -0.4 is 10.5 Å². The van der Waals surface area contributed by atoms with Crippen molar-refractivity contribution in [2.24, 2.45) is 5.14 Å². The zero-order valence-electron chi connectivity index (χ0n) is 14.7. The highest BCUT2D eigenvalue weighted by atomic mass is 32.2. The Labute approximate surface area is 163 Å². The highest BCUT2D eigenvalue weighted by Crippen LogP contribution is 2.20. The van der Waals surface area contributed by atoms with Crippen LogP contribution in [0.1, 0.15) is 10.4 Å². The van der Waals surface area contributed by atoms with Crippen LogP contribution in [0.4, 0.5) is 5.69 Å². The molecule has 3 N–H and O–H groups in total. The van der Waals surface area contributed by atoms with Crippen molar-refractivity contribution in [1.29, 1.82) is 0 Å². The van der Waals surface area contributed by atoms with Gasteiger partial charge in [-0.15, -0.1) is 0 Å². The first kappa shape index (κ1) is 20.4. The minimum Gasteiger partial charge on any atom is -0.379 e. The van der Waals surface area contributed by atoms with Gasteiger partial charge in [0.05, 0.1) is 23.0 Å². The molecular formula is C17H19N3O6S2. The van der Waals surface area contributed by atoms with Crippen molar-refractivity contribution in [2.75, 3.05) is 31.6 Å². The molecule has 0 radical (unpaired) electrons. The summed E-state index contributed by atoms with van der Waals surface area (Å²) in [6.07, 6.45) is 0. The maximum absolute atomic E-state index is 12.7. The number of amides is 1. The molecule has 1 heterocycles. The van der Waals surface area contributed by atoms with Gasteiger partial charge in [0.15, 0.2) is 0 Å². The molecule has 1 amide bonds. The Bertz CT molecular complexity index is 1090. The van der Waals surface area contributed by atoms with Crippen LogP contribution in [-0.2, 0) is 24.8 Å². The number of ether oxygens (including phenoxy) is 1. The van der Waals surface area contributed by atoms with Crippen molar-refractivity contribution >= 4 is 31.6 Å². The maximum Gasteiger partial charge on any atom is 0.255 e. The Kier molecular flexibility index (Phi) is 5.82. The van der Waals surface area contributed by atoms with Crippen LogP contribution in [0.3, 0.4) is 0 Å². The van der Waals surface area contributed by atoms with Crippen molar-refractivity contribution in [3.8, 4) is 0 Å². The number of nitrogens with two attached hydrogens (primary N) is 1. The smallest absolute Gasteiger partial charge is 0.255 e. The minimum absolute atomic E-state index is 0.000312. The Morgan fingerprint density at radius 2 is 1.61 bits per heavy atom. The molecule has 0 bridgehead atoms. The SMILES string of the molecule is NS(=O)(=O)c1cccc(NC(=O)c2cccc(S(=O)(=O)N3CCOCC3)c2)c1. The van der Waals surface area contributed by atoms with E-state index in [0.717, 1.165) is 0 Å². The van der Waals surface area contributed by atoms with Crippen LogP contribution in [0.2, 0.25) is 0 Å². The molecule has 0 aromatic heterocycles. The van der Waals surface area contributed by atoms with E-state index in [0.29, 0.717) is 13.2 Å². The number of hydrogen-bond acceptors (Lipinski definition) is 6. The summed E-state index contributed by atoms with van der Waals surface area (Å²) < 4.78 is 54.8. The van der Waals surface area contributed by atoms with E-state index in [1.807, 2.05) is 0 Å². The van der Waals surface area contributed by atoms with Gasteiger partial charge in [-0.3, -0.25) is 4.79 Å². The number of carbonyl (C=O) groups is 1. The average Bonchev–Trinajstić information content (AvgIpc) is 2.68. The highest BCUT2D eigenvalue weighted by Gasteiger charge is 2.26. The lowest BCUT2D eigenvalue weighted by Crippen LogP contribution is -2.40. The summed E-state index contributed by atoms with van der Waals surface area (Å²) in [4.78, 5) is 12.4. The number of morpholine rings is 1. The number of hydrogen-bond donors (Lipinski definition) is 2. The van der Waals surface area contributed by atoms with Crippen molar-refractivity contribution in [1.82, 2.24) is 4.31 Å². The fourth-order valence-corrected chi connectivity index (χ4v) is 4.70. The van der Waals surface area contributed by atoms with Gasteiger partial charge in [0.25, 0.3) is 5.91 Å². The fourth-order valence-electron chi connectivity index (χ4n) is 2.69. The third kappa shape index (κ3) is 4.56. The van der Waals surface area contributed by atoms with Gasteiger partial charge in [-0.05, 0) is 36.4 Å². The Hall–Kier alpha value is -2.31. The summed E-state index contributed by atoms with van der Waals surface area (Å²) in [5.41, 5.74) is 0.341. The Morgan fingerprint density at radius 3 is 2.29 bits per heavy atom. The van der Waals surface area contributed by atoms with Crippen LogP contribution >= 0.6 is 0 Å². The van der Waals surface area contributed by atoms with Gasteiger partial charge < -0.3 is 10.1 Å². The number of sulfonamides is 2. The molecule has 0 unspecified atom stereocenters. The predicted molar refractivity (Wildman–Crippen MR) is 102 cm³/mol. The molecule has 0 aliphatic carbocycles. The van der Waals surface area contributed by atoms with Crippen LogP contribution in [0.15, 0.2) is 58.3 Å². The van der Waals surface area contributed by atoms with E-state index in [1.165, 1.54) is 52.8 Å². The molecule has 0 saturated carbocycles. The van der Waals surface area contributed by atoms with E-state index in [2.05, 4.69) is 5.32 Å². The number of nitrogens with zero attached hydrogens (tertiary/aromatic N) is 1. The molecule has 2 aromatic carbocycles. The molecule has 3 rings (SSSR count). The molecule has 2 aromatic rings. The number of nitrogens with one attached hydrogen (secondary N) is 1. The lowest BCUT2D eigenvalue weighted by atomic mass is 10.2. The molecule has 28 heavy (non-hydrogen) atoms. The molecule has 11 heteroatoms.